The van der Waals surface area contributed by atoms with Gasteiger partial charge in [-0.2, -0.15) is 0 Å². The third-order valence-corrected chi connectivity index (χ3v) is 8.51. The van der Waals surface area contributed by atoms with Crippen LogP contribution >= 0.6 is 34.9 Å². The van der Waals surface area contributed by atoms with E-state index in [-0.39, 0.29) is 39.0 Å². The van der Waals surface area contributed by atoms with E-state index in [0.717, 1.165) is 36.4 Å². The van der Waals surface area contributed by atoms with Crippen molar-refractivity contribution in [3.05, 3.63) is 22.4 Å². The molecule has 0 bridgehead atoms. The minimum absolute atomic E-state index is 0.00511. The molecule has 0 aliphatic carbocycles. The van der Waals surface area contributed by atoms with Crippen molar-refractivity contribution < 1.29 is 19.2 Å². The lowest BCUT2D eigenvalue weighted by atomic mass is 9.85. The fourth-order valence-corrected chi connectivity index (χ4v) is 8.60. The normalized spacial score (nSPS) is 14.2. The molecule has 198 valence electrons. The Balaban J connectivity index is 3.35. The van der Waals surface area contributed by atoms with Crippen molar-refractivity contribution in [1.82, 2.24) is 0 Å². The molecule has 1 heterocycles. The highest BCUT2D eigenvalue weighted by molar-refractivity contribution is 8.16. The molecule has 0 aliphatic heterocycles. The van der Waals surface area contributed by atoms with Gasteiger partial charge in [-0.05, 0) is 42.0 Å². The predicted molar refractivity (Wildman–Crippen MR) is 152 cm³/mol. The summed E-state index contributed by atoms with van der Waals surface area (Å²) in [5.74, 6) is -2.64. The van der Waals surface area contributed by atoms with Crippen molar-refractivity contribution >= 4 is 56.7 Å². The third kappa shape index (κ3) is 11.8. The summed E-state index contributed by atoms with van der Waals surface area (Å²) in [6.45, 7) is 22.1. The van der Waals surface area contributed by atoms with E-state index in [4.69, 9.17) is 0 Å². The molecule has 0 unspecified atom stereocenters. The molecule has 1 rings (SSSR count). The zero-order chi connectivity index (χ0) is 27.4. The van der Waals surface area contributed by atoms with E-state index in [0.29, 0.717) is 4.88 Å². The molecule has 1 aromatic heterocycles. The molecule has 0 saturated heterocycles. The lowest BCUT2D eigenvalue weighted by molar-refractivity contribution is -0.132. The van der Waals surface area contributed by atoms with E-state index in [9.17, 15) is 19.2 Å². The zero-order valence-corrected chi connectivity index (χ0v) is 25.8. The lowest BCUT2D eigenvalue weighted by Crippen LogP contribution is -2.38. The number of hydrogen-bond donors (Lipinski definition) is 0. The second-order valence-electron chi connectivity index (χ2n) is 13.1. The van der Waals surface area contributed by atoms with Crippen LogP contribution in [-0.2, 0) is 14.4 Å². The summed E-state index contributed by atoms with van der Waals surface area (Å²) in [4.78, 5) is 53.8. The molecule has 0 saturated carbocycles. The zero-order valence-electron chi connectivity index (χ0n) is 23.4. The van der Waals surface area contributed by atoms with Crippen LogP contribution in [0.1, 0.15) is 105 Å². The first kappa shape index (κ1) is 32.1. The summed E-state index contributed by atoms with van der Waals surface area (Å²) < 4.78 is -0.836. The van der Waals surface area contributed by atoms with E-state index >= 15 is 0 Å². The van der Waals surface area contributed by atoms with Crippen molar-refractivity contribution in [2.24, 2.45) is 22.7 Å². The van der Waals surface area contributed by atoms with Crippen LogP contribution < -0.4 is 0 Å². The van der Waals surface area contributed by atoms with Crippen molar-refractivity contribution in [3.8, 4) is 0 Å². The second kappa shape index (κ2) is 12.1. The maximum absolute atomic E-state index is 13.7. The molecule has 1 atom stereocenters. The summed E-state index contributed by atoms with van der Waals surface area (Å²) in [7, 11) is 0. The van der Waals surface area contributed by atoms with Crippen LogP contribution in [-0.4, -0.2) is 31.3 Å². The van der Waals surface area contributed by atoms with Crippen LogP contribution in [0.3, 0.4) is 0 Å². The fraction of sp³-hybridized carbons (Fsp3) is 0.714. The molecule has 1 aromatic rings. The summed E-state index contributed by atoms with van der Waals surface area (Å²) in [5.41, 5.74) is -0.0102. The van der Waals surface area contributed by atoms with Gasteiger partial charge in [0.1, 0.15) is 11.7 Å². The number of Topliss-reactive ketones (excluding diaryl/α,β-unsaturated/α-hetero) is 2. The highest BCUT2D eigenvalue weighted by atomic mass is 32.2. The Labute approximate surface area is 225 Å². The van der Waals surface area contributed by atoms with Gasteiger partial charge in [-0.15, -0.1) is 11.3 Å². The molecule has 0 aliphatic rings. The number of hydrogen-bond acceptors (Lipinski definition) is 7. The molecule has 0 N–H and O–H groups in total. The molecule has 0 spiro atoms. The summed E-state index contributed by atoms with van der Waals surface area (Å²) >= 11 is 3.59. The van der Waals surface area contributed by atoms with E-state index in [1.54, 1.807) is 17.5 Å². The van der Waals surface area contributed by atoms with E-state index in [1.165, 1.54) is 18.3 Å². The predicted octanol–water partition coefficient (Wildman–Crippen LogP) is 8.09. The fourth-order valence-electron chi connectivity index (χ4n) is 4.96. The molecule has 4 nitrogen and oxygen atoms in total. The Kier molecular flexibility index (Phi) is 11.1. The third-order valence-electron chi connectivity index (χ3n) is 5.30. The van der Waals surface area contributed by atoms with Gasteiger partial charge in [0.2, 0.25) is 10.2 Å². The van der Waals surface area contributed by atoms with E-state index in [2.05, 4.69) is 41.5 Å². The summed E-state index contributed by atoms with van der Waals surface area (Å²) in [5, 5.41) is 1.17. The van der Waals surface area contributed by atoms with E-state index < -0.39 is 21.3 Å². The molecular formula is C28H44O4S3. The van der Waals surface area contributed by atoms with E-state index in [1.807, 2.05) is 27.7 Å². The minimum atomic E-state index is -1.16. The van der Waals surface area contributed by atoms with Crippen LogP contribution in [0.25, 0.3) is 0 Å². The van der Waals surface area contributed by atoms with Gasteiger partial charge in [-0.1, -0.05) is 98.8 Å². The van der Waals surface area contributed by atoms with Crippen LogP contribution in [0.5, 0.6) is 0 Å². The molecule has 0 amide bonds. The quantitative estimate of drug-likeness (QED) is 0.209. The van der Waals surface area contributed by atoms with Gasteiger partial charge in [0.25, 0.3) is 0 Å². The first-order valence-corrected chi connectivity index (χ1v) is 14.7. The molecule has 0 aromatic carbocycles. The topological polar surface area (TPSA) is 68.3 Å². The van der Waals surface area contributed by atoms with Gasteiger partial charge >= 0.3 is 0 Å². The highest BCUT2D eigenvalue weighted by Gasteiger charge is 2.44. The average molecular weight is 541 g/mol. The monoisotopic (exact) mass is 540 g/mol. The van der Waals surface area contributed by atoms with Gasteiger partial charge in [-0.25, -0.2) is 0 Å². The number of carbonyl (C=O) groups excluding carboxylic acids is 4. The first-order chi connectivity index (χ1) is 15.6. The summed E-state index contributed by atoms with van der Waals surface area (Å²) in [6.07, 6.45) is 1.39. The number of carbonyl (C=O) groups is 4. The maximum atomic E-state index is 13.7. The van der Waals surface area contributed by atoms with Crippen molar-refractivity contribution in [1.29, 1.82) is 0 Å². The van der Waals surface area contributed by atoms with Gasteiger partial charge in [0.05, 0.1) is 4.88 Å². The van der Waals surface area contributed by atoms with Gasteiger partial charge in [0.15, 0.2) is 5.78 Å². The van der Waals surface area contributed by atoms with Crippen molar-refractivity contribution in [2.75, 3.05) is 0 Å². The molecular weight excluding hydrogens is 497 g/mol. The number of thioether (sulfide) groups is 2. The highest BCUT2D eigenvalue weighted by Crippen LogP contribution is 2.44. The van der Waals surface area contributed by atoms with Crippen LogP contribution in [0.4, 0.5) is 0 Å². The standard InChI is InChI=1S/C28H44O4S3/c1-18(29)19(15-20(30)21-13-12-14-33-21)22(23(31)34-27(8,9)16-25(2,3)4)24(32)35-28(10,11)17-26(5,6)7/h12-14,19,22H,15-17H2,1-11H3/t19-/m1/s1. The van der Waals surface area contributed by atoms with Crippen molar-refractivity contribution in [3.63, 3.8) is 0 Å². The Morgan fingerprint density at radius 1 is 0.800 bits per heavy atom. The van der Waals surface area contributed by atoms with Crippen LogP contribution in [0.15, 0.2) is 17.5 Å². The first-order valence-electron chi connectivity index (χ1n) is 12.2. The van der Waals surface area contributed by atoms with Crippen LogP contribution in [0.2, 0.25) is 0 Å². The maximum Gasteiger partial charge on any atom is 0.201 e. The minimum Gasteiger partial charge on any atom is -0.300 e. The Bertz CT molecular complexity index is 858. The Morgan fingerprint density at radius 2 is 1.23 bits per heavy atom. The lowest BCUT2D eigenvalue weighted by Gasteiger charge is -2.34. The molecule has 7 heteroatoms. The van der Waals surface area contributed by atoms with Crippen LogP contribution in [0, 0.1) is 22.7 Å². The number of rotatable bonds is 11. The summed E-state index contributed by atoms with van der Waals surface area (Å²) in [6, 6.07) is 3.50. The largest absolute Gasteiger partial charge is 0.300 e. The number of thiophene rings is 1. The Morgan fingerprint density at radius 3 is 1.54 bits per heavy atom. The van der Waals surface area contributed by atoms with Gasteiger partial charge < -0.3 is 0 Å². The van der Waals surface area contributed by atoms with Gasteiger partial charge in [-0.3, -0.25) is 19.2 Å². The van der Waals surface area contributed by atoms with Crippen molar-refractivity contribution in [2.45, 2.75) is 105 Å². The molecule has 35 heavy (non-hydrogen) atoms. The molecule has 0 radical (unpaired) electrons. The average Bonchev–Trinajstić information content (AvgIpc) is 3.09. The number of ketones is 2. The second-order valence-corrected chi connectivity index (χ2v) is 17.5. The SMILES string of the molecule is CC(=O)[C@@H](CC(=O)c1cccs1)C(C(=O)SC(C)(C)CC(C)(C)C)C(=O)SC(C)(C)CC(C)(C)C. The molecule has 0 fully saturated rings. The Hall–Kier alpha value is -0.920. The van der Waals surface area contributed by atoms with Gasteiger partial charge in [0, 0.05) is 21.8 Å². The smallest absolute Gasteiger partial charge is 0.201 e.